The molecular weight excluding hydrogens is 321 g/mol. The molecule has 1 aliphatic carbocycles. The number of rotatable bonds is 5. The first-order valence-corrected chi connectivity index (χ1v) is 9.23. The third-order valence-electron chi connectivity index (χ3n) is 4.01. The maximum Gasteiger partial charge on any atom is 0.191 e. The minimum atomic E-state index is -0.254. The molecule has 0 amide bonds. The zero-order chi connectivity index (χ0) is 15.9. The number of thioether (sulfide) groups is 1. The van der Waals surface area contributed by atoms with Crippen LogP contribution in [0.1, 0.15) is 24.8 Å². The minimum Gasteiger partial charge on any atom is -0.356 e. The van der Waals surface area contributed by atoms with Gasteiger partial charge in [0, 0.05) is 35.5 Å². The molecule has 0 aromatic heterocycles. The summed E-state index contributed by atoms with van der Waals surface area (Å²) in [5.74, 6) is 0.523. The van der Waals surface area contributed by atoms with Gasteiger partial charge >= 0.3 is 0 Å². The predicted octanol–water partition coefficient (Wildman–Crippen LogP) is 3.47. The van der Waals surface area contributed by atoms with Gasteiger partial charge in [-0.2, -0.15) is 11.8 Å². The molecule has 2 N–H and O–H groups in total. The van der Waals surface area contributed by atoms with E-state index in [1.54, 1.807) is 19.2 Å². The van der Waals surface area contributed by atoms with E-state index in [0.29, 0.717) is 29.6 Å². The number of halogens is 2. The van der Waals surface area contributed by atoms with Crippen LogP contribution in [0.15, 0.2) is 23.2 Å². The molecule has 0 bridgehead atoms. The van der Waals surface area contributed by atoms with Crippen molar-refractivity contribution in [1.29, 1.82) is 0 Å². The van der Waals surface area contributed by atoms with E-state index in [1.807, 2.05) is 11.8 Å². The number of aliphatic imine (C=N–C) groups is 1. The van der Waals surface area contributed by atoms with Crippen molar-refractivity contribution in [2.45, 2.75) is 37.0 Å². The Morgan fingerprint density at radius 1 is 1.45 bits per heavy atom. The van der Waals surface area contributed by atoms with Crippen molar-refractivity contribution < 1.29 is 4.39 Å². The first-order valence-electron chi connectivity index (χ1n) is 7.57. The molecule has 0 aliphatic heterocycles. The lowest BCUT2D eigenvalue weighted by Gasteiger charge is -2.17. The molecule has 6 heteroatoms. The van der Waals surface area contributed by atoms with Crippen molar-refractivity contribution >= 4 is 29.3 Å². The highest BCUT2D eigenvalue weighted by Crippen LogP contribution is 2.28. The molecule has 2 unspecified atom stereocenters. The van der Waals surface area contributed by atoms with Gasteiger partial charge in [-0.05, 0) is 44.1 Å². The van der Waals surface area contributed by atoms with Crippen LogP contribution in [0.5, 0.6) is 0 Å². The smallest absolute Gasteiger partial charge is 0.191 e. The van der Waals surface area contributed by atoms with Gasteiger partial charge in [-0.15, -0.1) is 0 Å². The summed E-state index contributed by atoms with van der Waals surface area (Å²) in [6.07, 6.45) is 6.29. The summed E-state index contributed by atoms with van der Waals surface area (Å²) in [4.78, 5) is 4.24. The maximum atomic E-state index is 13.7. The number of hydrogen-bond acceptors (Lipinski definition) is 2. The molecule has 122 valence electrons. The Labute approximate surface area is 141 Å². The standard InChI is InChI=1S/C16H23ClFN3S/c1-19-16(21-11-6-7-12(10-11)22-2)20-9-8-13-14(17)4-3-5-15(13)18/h3-5,11-12H,6-10H2,1-2H3,(H2,19,20,21). The predicted molar refractivity (Wildman–Crippen MR) is 94.6 cm³/mol. The van der Waals surface area contributed by atoms with Crippen LogP contribution in [0.25, 0.3) is 0 Å². The highest BCUT2D eigenvalue weighted by atomic mass is 35.5. The van der Waals surface area contributed by atoms with Crippen LogP contribution in [-0.4, -0.2) is 37.1 Å². The fraction of sp³-hybridized carbons (Fsp3) is 0.562. The van der Waals surface area contributed by atoms with Crippen LogP contribution >= 0.6 is 23.4 Å². The molecule has 1 aliphatic rings. The van der Waals surface area contributed by atoms with Crippen molar-refractivity contribution in [3.8, 4) is 0 Å². The Morgan fingerprint density at radius 3 is 2.91 bits per heavy atom. The molecule has 2 atom stereocenters. The number of nitrogens with one attached hydrogen (secondary N) is 2. The lowest BCUT2D eigenvalue weighted by atomic mass is 10.1. The van der Waals surface area contributed by atoms with E-state index in [2.05, 4.69) is 21.9 Å². The van der Waals surface area contributed by atoms with Crippen molar-refractivity contribution in [1.82, 2.24) is 10.6 Å². The van der Waals surface area contributed by atoms with E-state index in [4.69, 9.17) is 11.6 Å². The molecule has 1 aromatic carbocycles. The van der Waals surface area contributed by atoms with Crippen molar-refractivity contribution in [3.63, 3.8) is 0 Å². The average Bonchev–Trinajstić information content (AvgIpc) is 2.96. The lowest BCUT2D eigenvalue weighted by molar-refractivity contribution is 0.600. The molecule has 0 heterocycles. The number of guanidine groups is 1. The Hall–Kier alpha value is -0.940. The van der Waals surface area contributed by atoms with E-state index >= 15 is 0 Å². The molecular formula is C16H23ClFN3S. The van der Waals surface area contributed by atoms with Gasteiger partial charge in [0.2, 0.25) is 0 Å². The van der Waals surface area contributed by atoms with Gasteiger partial charge in [0.1, 0.15) is 5.82 Å². The quantitative estimate of drug-likeness (QED) is 0.635. The fourth-order valence-corrected chi connectivity index (χ4v) is 3.80. The topological polar surface area (TPSA) is 36.4 Å². The SMILES string of the molecule is CN=C(NCCc1c(F)cccc1Cl)NC1CCC(SC)C1. The highest BCUT2D eigenvalue weighted by Gasteiger charge is 2.24. The van der Waals surface area contributed by atoms with E-state index < -0.39 is 0 Å². The molecule has 0 saturated heterocycles. The van der Waals surface area contributed by atoms with E-state index in [9.17, 15) is 4.39 Å². The highest BCUT2D eigenvalue weighted by molar-refractivity contribution is 7.99. The molecule has 3 nitrogen and oxygen atoms in total. The first kappa shape index (κ1) is 17.4. The third kappa shape index (κ3) is 4.78. The molecule has 22 heavy (non-hydrogen) atoms. The van der Waals surface area contributed by atoms with Crippen LogP contribution in [0.4, 0.5) is 4.39 Å². The number of nitrogens with zero attached hydrogens (tertiary/aromatic N) is 1. The Balaban J connectivity index is 1.80. The molecule has 0 radical (unpaired) electrons. The van der Waals surface area contributed by atoms with Crippen molar-refractivity contribution in [3.05, 3.63) is 34.6 Å². The summed E-state index contributed by atoms with van der Waals surface area (Å²) in [5, 5.41) is 7.90. The van der Waals surface area contributed by atoms with Gasteiger partial charge in [0.05, 0.1) is 0 Å². The Bertz CT molecular complexity index is 504. The molecule has 1 aromatic rings. The van der Waals surface area contributed by atoms with Gasteiger partial charge < -0.3 is 10.6 Å². The maximum absolute atomic E-state index is 13.7. The molecule has 0 spiro atoms. The Morgan fingerprint density at radius 2 is 2.27 bits per heavy atom. The fourth-order valence-electron chi connectivity index (χ4n) is 2.75. The largest absolute Gasteiger partial charge is 0.356 e. The summed E-state index contributed by atoms with van der Waals surface area (Å²) in [6.45, 7) is 0.596. The average molecular weight is 344 g/mol. The van der Waals surface area contributed by atoms with Crippen LogP contribution < -0.4 is 10.6 Å². The second kappa shape index (κ2) is 8.63. The zero-order valence-electron chi connectivity index (χ0n) is 13.0. The van der Waals surface area contributed by atoms with E-state index in [-0.39, 0.29) is 5.82 Å². The van der Waals surface area contributed by atoms with Crippen molar-refractivity contribution in [2.75, 3.05) is 19.8 Å². The molecule has 2 rings (SSSR count). The van der Waals surface area contributed by atoms with Gasteiger partial charge in [0.25, 0.3) is 0 Å². The number of hydrogen-bond donors (Lipinski definition) is 2. The lowest BCUT2D eigenvalue weighted by Crippen LogP contribution is -2.43. The summed E-state index contributed by atoms with van der Waals surface area (Å²) >= 11 is 7.96. The van der Waals surface area contributed by atoms with Gasteiger partial charge in [-0.1, -0.05) is 17.7 Å². The second-order valence-electron chi connectivity index (χ2n) is 5.46. The van der Waals surface area contributed by atoms with Gasteiger partial charge in [-0.3, -0.25) is 4.99 Å². The van der Waals surface area contributed by atoms with Gasteiger partial charge in [-0.25, -0.2) is 4.39 Å². The molecule has 1 fully saturated rings. The van der Waals surface area contributed by atoms with E-state index in [0.717, 1.165) is 11.2 Å². The van der Waals surface area contributed by atoms with Crippen LogP contribution in [-0.2, 0) is 6.42 Å². The third-order valence-corrected chi connectivity index (χ3v) is 5.46. The summed E-state index contributed by atoms with van der Waals surface area (Å²) in [7, 11) is 1.76. The van der Waals surface area contributed by atoms with E-state index in [1.165, 1.54) is 25.3 Å². The van der Waals surface area contributed by atoms with Crippen LogP contribution in [0.2, 0.25) is 5.02 Å². The van der Waals surface area contributed by atoms with Gasteiger partial charge in [0.15, 0.2) is 5.96 Å². The monoisotopic (exact) mass is 343 g/mol. The first-order chi connectivity index (χ1) is 10.6. The van der Waals surface area contributed by atoms with Crippen molar-refractivity contribution in [2.24, 2.45) is 4.99 Å². The normalized spacial score (nSPS) is 21.9. The zero-order valence-corrected chi connectivity index (χ0v) is 14.6. The van der Waals surface area contributed by atoms with Crippen LogP contribution in [0, 0.1) is 5.82 Å². The number of benzene rings is 1. The minimum absolute atomic E-state index is 0.254. The molecule has 1 saturated carbocycles. The summed E-state index contributed by atoms with van der Waals surface area (Å²) in [5.41, 5.74) is 0.551. The summed E-state index contributed by atoms with van der Waals surface area (Å²) < 4.78 is 13.7. The second-order valence-corrected chi connectivity index (χ2v) is 7.01. The Kier molecular flexibility index (Phi) is 6.83. The van der Waals surface area contributed by atoms with Crippen LogP contribution in [0.3, 0.4) is 0 Å². The summed E-state index contributed by atoms with van der Waals surface area (Å²) in [6, 6.07) is 5.25.